The van der Waals surface area contributed by atoms with Gasteiger partial charge in [0.1, 0.15) is 17.5 Å². The molecule has 1 amide bonds. The number of carbonyl (C=O) groups is 2. The number of amides is 1. The van der Waals surface area contributed by atoms with Crippen molar-refractivity contribution in [2.24, 2.45) is 5.92 Å². The standard InChI is InChI=1S/C15H16N4O3/c16-9-12(10-18-13-3-1-2-6-17-13)14(20)19-7-4-11(5-8-19)15(21)22/h1-3,6,10-11H,4-5,7-8H2,(H,17,18)(H,21,22)/b12-10-. The Morgan fingerprint density at radius 2 is 2.14 bits per heavy atom. The summed E-state index contributed by atoms with van der Waals surface area (Å²) in [5.74, 6) is -1.10. The number of aliphatic carboxylic acids is 1. The largest absolute Gasteiger partial charge is 0.481 e. The molecule has 0 spiro atoms. The Bertz CT molecular complexity index is 613. The highest BCUT2D eigenvalue weighted by Crippen LogP contribution is 2.18. The van der Waals surface area contributed by atoms with Crippen LogP contribution < -0.4 is 5.32 Å². The monoisotopic (exact) mass is 300 g/mol. The van der Waals surface area contributed by atoms with Gasteiger partial charge in [0.25, 0.3) is 5.91 Å². The van der Waals surface area contributed by atoms with Gasteiger partial charge in [-0.15, -0.1) is 0 Å². The number of nitrogens with zero attached hydrogens (tertiary/aromatic N) is 3. The lowest BCUT2D eigenvalue weighted by Gasteiger charge is -2.29. The summed E-state index contributed by atoms with van der Waals surface area (Å²) in [6.45, 7) is 0.691. The van der Waals surface area contributed by atoms with E-state index in [1.807, 2.05) is 6.07 Å². The van der Waals surface area contributed by atoms with Gasteiger partial charge in [0.15, 0.2) is 0 Å². The Hall–Kier alpha value is -2.88. The van der Waals surface area contributed by atoms with Crippen LogP contribution in [0.5, 0.6) is 0 Å². The van der Waals surface area contributed by atoms with E-state index in [0.29, 0.717) is 31.7 Å². The highest BCUT2D eigenvalue weighted by Gasteiger charge is 2.28. The molecule has 0 unspecified atom stereocenters. The van der Waals surface area contributed by atoms with E-state index in [1.165, 1.54) is 11.1 Å². The van der Waals surface area contributed by atoms with E-state index in [9.17, 15) is 9.59 Å². The normalized spacial score (nSPS) is 16.0. The van der Waals surface area contributed by atoms with E-state index in [4.69, 9.17) is 10.4 Å². The second kappa shape index (κ2) is 7.22. The molecule has 0 aromatic carbocycles. The summed E-state index contributed by atoms with van der Waals surface area (Å²) < 4.78 is 0. The van der Waals surface area contributed by atoms with Crippen LogP contribution in [0.4, 0.5) is 5.82 Å². The highest BCUT2D eigenvalue weighted by atomic mass is 16.4. The van der Waals surface area contributed by atoms with E-state index in [0.717, 1.165) is 0 Å². The molecule has 1 aromatic heterocycles. The van der Waals surface area contributed by atoms with Crippen LogP contribution in [0.15, 0.2) is 36.2 Å². The first-order chi connectivity index (χ1) is 10.6. The van der Waals surface area contributed by atoms with Crippen molar-refractivity contribution in [3.8, 4) is 6.07 Å². The van der Waals surface area contributed by atoms with E-state index in [2.05, 4.69) is 10.3 Å². The minimum absolute atomic E-state index is 0.0283. The summed E-state index contributed by atoms with van der Waals surface area (Å²) in [5.41, 5.74) is -0.0283. The molecule has 0 radical (unpaired) electrons. The molecule has 1 aliphatic heterocycles. The third kappa shape index (κ3) is 3.82. The zero-order valence-corrected chi connectivity index (χ0v) is 11.9. The van der Waals surface area contributed by atoms with Gasteiger partial charge in [-0.3, -0.25) is 9.59 Å². The van der Waals surface area contributed by atoms with Crippen molar-refractivity contribution < 1.29 is 14.7 Å². The van der Waals surface area contributed by atoms with Crippen molar-refractivity contribution in [3.63, 3.8) is 0 Å². The second-order valence-electron chi connectivity index (χ2n) is 4.93. The van der Waals surface area contributed by atoms with Crippen molar-refractivity contribution in [2.75, 3.05) is 18.4 Å². The summed E-state index contributed by atoms with van der Waals surface area (Å²) in [7, 11) is 0. The molecule has 7 nitrogen and oxygen atoms in total. The molecule has 1 saturated heterocycles. The maximum Gasteiger partial charge on any atom is 0.306 e. The van der Waals surface area contributed by atoms with E-state index < -0.39 is 17.8 Å². The molecule has 0 atom stereocenters. The number of aromatic nitrogens is 1. The molecule has 1 fully saturated rings. The average Bonchev–Trinajstić information content (AvgIpc) is 2.56. The molecule has 114 valence electrons. The number of pyridine rings is 1. The summed E-state index contributed by atoms with van der Waals surface area (Å²) >= 11 is 0. The van der Waals surface area contributed by atoms with Crippen molar-refractivity contribution in [2.45, 2.75) is 12.8 Å². The number of anilines is 1. The molecule has 22 heavy (non-hydrogen) atoms. The first kappa shape index (κ1) is 15.5. The predicted molar refractivity (Wildman–Crippen MR) is 78.5 cm³/mol. The van der Waals surface area contributed by atoms with Crippen LogP contribution in [0.1, 0.15) is 12.8 Å². The fraction of sp³-hybridized carbons (Fsp3) is 0.333. The summed E-state index contributed by atoms with van der Waals surface area (Å²) in [6.07, 6.45) is 3.75. The van der Waals surface area contributed by atoms with Gasteiger partial charge in [0.05, 0.1) is 5.92 Å². The van der Waals surface area contributed by atoms with Gasteiger partial charge >= 0.3 is 5.97 Å². The lowest BCUT2D eigenvalue weighted by Crippen LogP contribution is -2.40. The first-order valence-electron chi connectivity index (χ1n) is 6.91. The quantitative estimate of drug-likeness (QED) is 0.639. The van der Waals surface area contributed by atoms with Crippen LogP contribution in [0.2, 0.25) is 0 Å². The van der Waals surface area contributed by atoms with Crippen LogP contribution in [0.25, 0.3) is 0 Å². The minimum atomic E-state index is -0.833. The smallest absolute Gasteiger partial charge is 0.306 e. The number of hydrogen-bond acceptors (Lipinski definition) is 5. The predicted octanol–water partition coefficient (Wildman–Crippen LogP) is 1.22. The molecule has 0 saturated carbocycles. The van der Waals surface area contributed by atoms with E-state index in [1.54, 1.807) is 24.4 Å². The maximum absolute atomic E-state index is 12.3. The van der Waals surface area contributed by atoms with Crippen LogP contribution >= 0.6 is 0 Å². The number of carboxylic acids is 1. The maximum atomic E-state index is 12.3. The first-order valence-corrected chi connectivity index (χ1v) is 6.91. The zero-order valence-electron chi connectivity index (χ0n) is 11.9. The van der Waals surface area contributed by atoms with Crippen molar-refractivity contribution in [1.82, 2.24) is 9.88 Å². The van der Waals surface area contributed by atoms with Crippen molar-refractivity contribution >= 4 is 17.7 Å². The van der Waals surface area contributed by atoms with Crippen molar-refractivity contribution in [3.05, 3.63) is 36.2 Å². The van der Waals surface area contributed by atoms with E-state index >= 15 is 0 Å². The van der Waals surface area contributed by atoms with Gasteiger partial charge in [-0.1, -0.05) is 6.07 Å². The lowest BCUT2D eigenvalue weighted by molar-refractivity contribution is -0.145. The number of carbonyl (C=O) groups excluding carboxylic acids is 1. The minimum Gasteiger partial charge on any atom is -0.481 e. The number of nitrogens with one attached hydrogen (secondary N) is 1. The number of rotatable bonds is 4. The Morgan fingerprint density at radius 1 is 1.41 bits per heavy atom. The van der Waals surface area contributed by atoms with Gasteiger partial charge in [-0.05, 0) is 25.0 Å². The highest BCUT2D eigenvalue weighted by molar-refractivity contribution is 5.97. The number of likely N-dealkylation sites (tertiary alicyclic amines) is 1. The summed E-state index contributed by atoms with van der Waals surface area (Å²) in [5, 5.41) is 20.9. The Kier molecular flexibility index (Phi) is 5.09. The fourth-order valence-corrected chi connectivity index (χ4v) is 2.24. The zero-order chi connectivity index (χ0) is 15.9. The number of piperidine rings is 1. The average molecular weight is 300 g/mol. The molecule has 0 aliphatic carbocycles. The SMILES string of the molecule is N#C/C(=C/Nc1ccccn1)C(=O)N1CCC(C(=O)O)CC1. The number of carboxylic acid groups (broad SMARTS) is 1. The van der Waals surface area contributed by atoms with Gasteiger partial charge in [0, 0.05) is 25.5 Å². The molecular formula is C15H16N4O3. The molecule has 2 rings (SSSR count). The second-order valence-corrected chi connectivity index (χ2v) is 4.93. The Morgan fingerprint density at radius 3 is 2.68 bits per heavy atom. The third-order valence-corrected chi connectivity index (χ3v) is 3.51. The Labute approximate surface area is 127 Å². The Balaban J connectivity index is 1.98. The van der Waals surface area contributed by atoms with Crippen LogP contribution in [-0.2, 0) is 9.59 Å². The van der Waals surface area contributed by atoms with Crippen LogP contribution in [-0.4, -0.2) is 40.0 Å². The molecular weight excluding hydrogens is 284 g/mol. The number of nitriles is 1. The topological polar surface area (TPSA) is 106 Å². The van der Waals surface area contributed by atoms with Crippen LogP contribution in [0.3, 0.4) is 0 Å². The fourth-order valence-electron chi connectivity index (χ4n) is 2.24. The molecule has 7 heteroatoms. The van der Waals surface area contributed by atoms with Crippen molar-refractivity contribution in [1.29, 1.82) is 5.26 Å². The van der Waals surface area contributed by atoms with Crippen LogP contribution in [0, 0.1) is 17.2 Å². The third-order valence-electron chi connectivity index (χ3n) is 3.51. The van der Waals surface area contributed by atoms with E-state index in [-0.39, 0.29) is 5.57 Å². The number of hydrogen-bond donors (Lipinski definition) is 2. The summed E-state index contributed by atoms with van der Waals surface area (Å²) in [6, 6.07) is 7.13. The summed E-state index contributed by atoms with van der Waals surface area (Å²) in [4.78, 5) is 28.7. The van der Waals surface area contributed by atoms with Gasteiger partial charge < -0.3 is 15.3 Å². The van der Waals surface area contributed by atoms with Gasteiger partial charge in [0.2, 0.25) is 0 Å². The molecule has 1 aromatic rings. The molecule has 2 heterocycles. The lowest BCUT2D eigenvalue weighted by atomic mass is 9.97. The molecule has 0 bridgehead atoms. The molecule has 2 N–H and O–H groups in total. The van der Waals surface area contributed by atoms with Gasteiger partial charge in [-0.2, -0.15) is 5.26 Å². The molecule has 1 aliphatic rings. The van der Waals surface area contributed by atoms with Gasteiger partial charge in [-0.25, -0.2) is 4.98 Å².